The Hall–Kier alpha value is -2.36. The van der Waals surface area contributed by atoms with E-state index in [4.69, 9.17) is 0 Å². The second-order valence-electron chi connectivity index (χ2n) is 5.70. The number of halogens is 1. The van der Waals surface area contributed by atoms with E-state index in [2.05, 4.69) is 15.0 Å². The minimum atomic E-state index is -3.93. The molecule has 0 saturated heterocycles. The Balaban J connectivity index is 1.71. The number of fused-ring (bicyclic) bond motifs is 1. The third-order valence-electron chi connectivity index (χ3n) is 3.61. The van der Waals surface area contributed by atoms with Crippen LogP contribution in [0.4, 0.5) is 10.1 Å². The van der Waals surface area contributed by atoms with E-state index in [1.807, 2.05) is 6.92 Å². The molecule has 0 unspecified atom stereocenters. The molecule has 0 spiro atoms. The Morgan fingerprint density at radius 1 is 1.19 bits per heavy atom. The monoisotopic (exact) mass is 393 g/mol. The van der Waals surface area contributed by atoms with Crippen LogP contribution in [0.3, 0.4) is 0 Å². The predicted molar refractivity (Wildman–Crippen MR) is 99.2 cm³/mol. The first-order valence-electron chi connectivity index (χ1n) is 7.70. The second-order valence-corrected chi connectivity index (χ2v) is 8.65. The van der Waals surface area contributed by atoms with Crippen molar-refractivity contribution in [2.24, 2.45) is 0 Å². The maximum Gasteiger partial charge on any atom is 0.242 e. The molecule has 26 heavy (non-hydrogen) atoms. The van der Waals surface area contributed by atoms with Crippen molar-refractivity contribution in [3.8, 4) is 0 Å². The second kappa shape index (κ2) is 7.10. The Bertz CT molecular complexity index is 1060. The van der Waals surface area contributed by atoms with Crippen molar-refractivity contribution in [1.29, 1.82) is 0 Å². The van der Waals surface area contributed by atoms with Crippen LogP contribution < -0.4 is 10.0 Å². The molecule has 1 aromatic heterocycles. The lowest BCUT2D eigenvalue weighted by molar-refractivity contribution is -0.117. The number of carbonyl (C=O) groups excluding carboxylic acids is 1. The van der Waals surface area contributed by atoms with Crippen LogP contribution in [0.15, 0.2) is 47.4 Å². The summed E-state index contributed by atoms with van der Waals surface area (Å²) in [5.74, 6) is -1.04. The van der Waals surface area contributed by atoms with Crippen LogP contribution in [0.25, 0.3) is 10.2 Å². The Kier molecular flexibility index (Phi) is 5.03. The molecular weight excluding hydrogens is 377 g/mol. The number of benzene rings is 2. The first kappa shape index (κ1) is 18.4. The number of carbonyl (C=O) groups is 1. The molecule has 6 nitrogen and oxygen atoms in total. The number of amides is 1. The van der Waals surface area contributed by atoms with Crippen LogP contribution in [0, 0.1) is 12.7 Å². The quantitative estimate of drug-likeness (QED) is 0.697. The van der Waals surface area contributed by atoms with Crippen LogP contribution >= 0.6 is 11.3 Å². The molecule has 1 atom stereocenters. The summed E-state index contributed by atoms with van der Waals surface area (Å²) in [6.07, 6.45) is 0. The van der Waals surface area contributed by atoms with Crippen molar-refractivity contribution in [3.05, 3.63) is 53.3 Å². The van der Waals surface area contributed by atoms with Crippen molar-refractivity contribution in [1.82, 2.24) is 9.71 Å². The molecule has 2 aromatic carbocycles. The fourth-order valence-electron chi connectivity index (χ4n) is 2.34. The van der Waals surface area contributed by atoms with Crippen LogP contribution in [0.5, 0.6) is 0 Å². The molecule has 136 valence electrons. The molecule has 0 aliphatic rings. The van der Waals surface area contributed by atoms with Crippen molar-refractivity contribution in [2.75, 3.05) is 5.32 Å². The number of nitrogens with one attached hydrogen (secondary N) is 2. The van der Waals surface area contributed by atoms with Gasteiger partial charge in [0.2, 0.25) is 15.9 Å². The summed E-state index contributed by atoms with van der Waals surface area (Å²) < 4.78 is 40.7. The highest BCUT2D eigenvalue weighted by Crippen LogP contribution is 2.24. The van der Waals surface area contributed by atoms with Gasteiger partial charge in [0.1, 0.15) is 5.82 Å². The highest BCUT2D eigenvalue weighted by molar-refractivity contribution is 7.89. The molecule has 1 amide bonds. The summed E-state index contributed by atoms with van der Waals surface area (Å²) in [6.45, 7) is 3.33. The fourth-order valence-corrected chi connectivity index (χ4v) is 4.41. The lowest BCUT2D eigenvalue weighted by Gasteiger charge is -2.14. The topological polar surface area (TPSA) is 88.2 Å². The van der Waals surface area contributed by atoms with Gasteiger partial charge in [-0.15, -0.1) is 11.3 Å². The van der Waals surface area contributed by atoms with Gasteiger partial charge in [-0.05, 0) is 56.3 Å². The van der Waals surface area contributed by atoms with Crippen molar-refractivity contribution < 1.29 is 17.6 Å². The summed E-state index contributed by atoms with van der Waals surface area (Å²) in [7, 11) is -3.93. The SMILES string of the molecule is Cc1nc2ccc(NC(=O)[C@@H](C)NS(=O)(=O)c3ccc(F)cc3)cc2s1. The van der Waals surface area contributed by atoms with E-state index in [9.17, 15) is 17.6 Å². The molecule has 0 saturated carbocycles. The van der Waals surface area contributed by atoms with Gasteiger partial charge >= 0.3 is 0 Å². The minimum absolute atomic E-state index is 0.111. The number of anilines is 1. The number of thiazole rings is 1. The van der Waals surface area contributed by atoms with E-state index in [1.165, 1.54) is 18.3 Å². The summed E-state index contributed by atoms with van der Waals surface area (Å²) >= 11 is 1.51. The lowest BCUT2D eigenvalue weighted by Crippen LogP contribution is -2.41. The highest BCUT2D eigenvalue weighted by atomic mass is 32.2. The standard InChI is InChI=1S/C17H16FN3O3S2/c1-10(21-26(23,24)14-6-3-12(18)4-7-14)17(22)20-13-5-8-15-16(9-13)25-11(2)19-15/h3-10,21H,1-2H3,(H,20,22)/t10-/m1/s1. The average Bonchev–Trinajstić information content (AvgIpc) is 2.94. The molecule has 0 bridgehead atoms. The zero-order valence-electron chi connectivity index (χ0n) is 14.0. The van der Waals surface area contributed by atoms with Gasteiger partial charge in [-0.3, -0.25) is 4.79 Å². The Morgan fingerprint density at radius 3 is 2.58 bits per heavy atom. The molecule has 0 radical (unpaired) electrons. The number of aryl methyl sites for hydroxylation is 1. The first-order valence-corrected chi connectivity index (χ1v) is 10.0. The van der Waals surface area contributed by atoms with E-state index in [-0.39, 0.29) is 4.90 Å². The summed E-state index contributed by atoms with van der Waals surface area (Å²) in [4.78, 5) is 16.5. The molecule has 2 N–H and O–H groups in total. The van der Waals surface area contributed by atoms with Crippen LogP contribution in [-0.4, -0.2) is 25.4 Å². The van der Waals surface area contributed by atoms with Crippen molar-refractivity contribution >= 4 is 43.2 Å². The van der Waals surface area contributed by atoms with E-state index in [0.717, 1.165) is 39.5 Å². The summed E-state index contributed by atoms with van der Waals surface area (Å²) in [5.41, 5.74) is 1.40. The maximum atomic E-state index is 12.9. The van der Waals surface area contributed by atoms with Crippen molar-refractivity contribution in [2.45, 2.75) is 24.8 Å². The van der Waals surface area contributed by atoms with Gasteiger partial charge in [0.15, 0.2) is 0 Å². The van der Waals surface area contributed by atoms with E-state index >= 15 is 0 Å². The number of sulfonamides is 1. The highest BCUT2D eigenvalue weighted by Gasteiger charge is 2.22. The Morgan fingerprint density at radius 2 is 1.88 bits per heavy atom. The molecular formula is C17H16FN3O3S2. The normalized spacial score (nSPS) is 12.9. The number of aromatic nitrogens is 1. The third-order valence-corrected chi connectivity index (χ3v) is 6.10. The molecule has 3 aromatic rings. The summed E-state index contributed by atoms with van der Waals surface area (Å²) in [6, 6.07) is 8.66. The van der Waals surface area contributed by atoms with E-state index in [0.29, 0.717) is 5.69 Å². The lowest BCUT2D eigenvalue weighted by atomic mass is 10.2. The number of nitrogens with zero attached hydrogens (tertiary/aromatic N) is 1. The first-order chi connectivity index (χ1) is 12.2. The predicted octanol–water partition coefficient (Wildman–Crippen LogP) is 3.05. The zero-order chi connectivity index (χ0) is 18.9. The summed E-state index contributed by atoms with van der Waals surface area (Å²) in [5, 5.41) is 3.60. The smallest absolute Gasteiger partial charge is 0.242 e. The van der Waals surface area contributed by atoms with Gasteiger partial charge in [0.25, 0.3) is 0 Å². The van der Waals surface area contributed by atoms with Crippen LogP contribution in [-0.2, 0) is 14.8 Å². The van der Waals surface area contributed by atoms with Gasteiger partial charge in [-0.25, -0.2) is 17.8 Å². The van der Waals surface area contributed by atoms with Gasteiger partial charge in [-0.2, -0.15) is 4.72 Å². The van der Waals surface area contributed by atoms with E-state index in [1.54, 1.807) is 18.2 Å². The molecule has 9 heteroatoms. The van der Waals surface area contributed by atoms with Crippen molar-refractivity contribution in [3.63, 3.8) is 0 Å². The van der Waals surface area contributed by atoms with Crippen LogP contribution in [0.1, 0.15) is 11.9 Å². The number of rotatable bonds is 5. The van der Waals surface area contributed by atoms with Crippen LogP contribution in [0.2, 0.25) is 0 Å². The molecule has 0 fully saturated rings. The van der Waals surface area contributed by atoms with Gasteiger partial charge in [-0.1, -0.05) is 0 Å². The molecule has 0 aliphatic carbocycles. The van der Waals surface area contributed by atoms with Gasteiger partial charge in [0, 0.05) is 5.69 Å². The van der Waals surface area contributed by atoms with E-state index < -0.39 is 27.8 Å². The molecule has 1 heterocycles. The molecule has 0 aliphatic heterocycles. The number of hydrogen-bond donors (Lipinski definition) is 2. The maximum absolute atomic E-state index is 12.9. The third kappa shape index (κ3) is 4.06. The molecule has 3 rings (SSSR count). The number of hydrogen-bond acceptors (Lipinski definition) is 5. The zero-order valence-corrected chi connectivity index (χ0v) is 15.6. The average molecular weight is 393 g/mol. The minimum Gasteiger partial charge on any atom is -0.325 e. The largest absolute Gasteiger partial charge is 0.325 e. The van der Waals surface area contributed by atoms with Gasteiger partial charge in [0.05, 0.1) is 26.2 Å². The Labute approximate surface area is 154 Å². The fraction of sp³-hybridized carbons (Fsp3) is 0.176. The van der Waals surface area contributed by atoms with Gasteiger partial charge < -0.3 is 5.32 Å².